The maximum Gasteiger partial charge on any atom is 0.247 e. The number of amides is 2. The second-order valence-corrected chi connectivity index (χ2v) is 7.79. The van der Waals surface area contributed by atoms with Gasteiger partial charge in [-0.1, -0.05) is 18.5 Å². The Balaban J connectivity index is 2.37. The summed E-state index contributed by atoms with van der Waals surface area (Å²) in [7, 11) is -3.83. The number of rotatable bonds is 3. The molecule has 1 aliphatic heterocycles. The van der Waals surface area contributed by atoms with E-state index >= 15 is 0 Å². The van der Waals surface area contributed by atoms with Crippen LogP contribution in [0.15, 0.2) is 29.2 Å². The van der Waals surface area contributed by atoms with Crippen molar-refractivity contribution in [3.63, 3.8) is 0 Å². The van der Waals surface area contributed by atoms with E-state index in [0.29, 0.717) is 17.9 Å². The molecule has 5 nitrogen and oxygen atoms in total. The molecule has 0 N–H and O–H groups in total. The standard InChI is InChI=1S/C15H18ClNO4S/c1-2-14(18)17-10-4-3-5-13(15(17)19)22(20,21)12-8-6-11(16)7-9-12/h6-9,13H,2-5,10H2,1H3. The van der Waals surface area contributed by atoms with Gasteiger partial charge in [0.15, 0.2) is 9.84 Å². The van der Waals surface area contributed by atoms with E-state index in [9.17, 15) is 18.0 Å². The van der Waals surface area contributed by atoms with Gasteiger partial charge >= 0.3 is 0 Å². The van der Waals surface area contributed by atoms with Crippen LogP contribution in [0.25, 0.3) is 0 Å². The Morgan fingerprint density at radius 1 is 1.27 bits per heavy atom. The fourth-order valence-electron chi connectivity index (χ4n) is 2.52. The van der Waals surface area contributed by atoms with Gasteiger partial charge in [0.25, 0.3) is 0 Å². The van der Waals surface area contributed by atoms with Crippen molar-refractivity contribution in [1.82, 2.24) is 4.90 Å². The van der Waals surface area contributed by atoms with Gasteiger partial charge in [-0.15, -0.1) is 0 Å². The molecule has 22 heavy (non-hydrogen) atoms. The van der Waals surface area contributed by atoms with Gasteiger partial charge in [-0.05, 0) is 43.5 Å². The summed E-state index contributed by atoms with van der Waals surface area (Å²) in [5.74, 6) is -0.942. The second kappa shape index (κ2) is 6.79. The van der Waals surface area contributed by atoms with Crippen LogP contribution in [-0.2, 0) is 19.4 Å². The molecule has 120 valence electrons. The van der Waals surface area contributed by atoms with Gasteiger partial charge in [-0.3, -0.25) is 14.5 Å². The van der Waals surface area contributed by atoms with E-state index < -0.39 is 21.0 Å². The zero-order valence-electron chi connectivity index (χ0n) is 12.3. The zero-order chi connectivity index (χ0) is 16.3. The van der Waals surface area contributed by atoms with Gasteiger partial charge in [0.1, 0.15) is 5.25 Å². The molecule has 1 saturated heterocycles. The number of nitrogens with zero attached hydrogens (tertiary/aromatic N) is 1. The van der Waals surface area contributed by atoms with E-state index in [1.807, 2.05) is 0 Å². The first-order chi connectivity index (χ1) is 10.4. The van der Waals surface area contributed by atoms with Crippen molar-refractivity contribution >= 4 is 33.3 Å². The number of halogens is 1. The molecule has 0 saturated carbocycles. The van der Waals surface area contributed by atoms with Crippen LogP contribution in [0, 0.1) is 0 Å². The van der Waals surface area contributed by atoms with E-state index in [4.69, 9.17) is 11.6 Å². The summed E-state index contributed by atoms with van der Waals surface area (Å²) in [5.41, 5.74) is 0. The second-order valence-electron chi connectivity index (χ2n) is 5.22. The Kier molecular flexibility index (Phi) is 5.24. The third kappa shape index (κ3) is 3.33. The summed E-state index contributed by atoms with van der Waals surface area (Å²) in [4.78, 5) is 25.6. The van der Waals surface area contributed by atoms with E-state index in [1.165, 1.54) is 24.3 Å². The molecule has 0 spiro atoms. The first-order valence-corrected chi connectivity index (χ1v) is 9.14. The molecule has 1 aliphatic rings. The number of benzene rings is 1. The van der Waals surface area contributed by atoms with Crippen molar-refractivity contribution in [2.24, 2.45) is 0 Å². The first kappa shape index (κ1) is 17.0. The van der Waals surface area contributed by atoms with E-state index in [-0.39, 0.29) is 30.2 Å². The van der Waals surface area contributed by atoms with Crippen molar-refractivity contribution in [3.8, 4) is 0 Å². The summed E-state index contributed by atoms with van der Waals surface area (Å²) < 4.78 is 25.4. The highest BCUT2D eigenvalue weighted by Gasteiger charge is 2.39. The summed E-state index contributed by atoms with van der Waals surface area (Å²) in [5, 5.41) is -0.777. The molecule has 0 aliphatic carbocycles. The molecular formula is C15H18ClNO4S. The lowest BCUT2D eigenvalue weighted by Gasteiger charge is -2.22. The molecular weight excluding hydrogens is 326 g/mol. The van der Waals surface area contributed by atoms with Gasteiger partial charge in [0.2, 0.25) is 11.8 Å². The predicted octanol–water partition coefficient (Wildman–Crippen LogP) is 2.43. The minimum Gasteiger partial charge on any atom is -0.282 e. The number of hydrogen-bond donors (Lipinski definition) is 0. The Morgan fingerprint density at radius 3 is 2.50 bits per heavy atom. The molecule has 2 amide bonds. The summed E-state index contributed by atoms with van der Waals surface area (Å²) in [6, 6.07) is 5.73. The van der Waals surface area contributed by atoms with Crippen LogP contribution in [-0.4, -0.2) is 36.9 Å². The van der Waals surface area contributed by atoms with Crippen LogP contribution in [0.1, 0.15) is 32.6 Å². The number of carbonyl (C=O) groups is 2. The smallest absolute Gasteiger partial charge is 0.247 e. The molecule has 0 radical (unpaired) electrons. The molecule has 1 aromatic carbocycles. The fourth-order valence-corrected chi connectivity index (χ4v) is 4.36. The predicted molar refractivity (Wildman–Crippen MR) is 83.3 cm³/mol. The van der Waals surface area contributed by atoms with Crippen LogP contribution in [0.2, 0.25) is 5.02 Å². The lowest BCUT2D eigenvalue weighted by atomic mass is 10.2. The van der Waals surface area contributed by atoms with Gasteiger partial charge in [0, 0.05) is 18.0 Å². The zero-order valence-corrected chi connectivity index (χ0v) is 13.9. The Morgan fingerprint density at radius 2 is 1.91 bits per heavy atom. The number of imide groups is 1. The lowest BCUT2D eigenvalue weighted by Crippen LogP contribution is -2.44. The van der Waals surface area contributed by atoms with Gasteiger partial charge in [-0.2, -0.15) is 0 Å². The SMILES string of the molecule is CCC(=O)N1CCCCC(S(=O)(=O)c2ccc(Cl)cc2)C1=O. The molecule has 1 fully saturated rings. The van der Waals surface area contributed by atoms with E-state index in [2.05, 4.69) is 0 Å². The molecule has 2 rings (SSSR count). The monoisotopic (exact) mass is 343 g/mol. The van der Waals surface area contributed by atoms with E-state index in [0.717, 1.165) is 4.90 Å². The quantitative estimate of drug-likeness (QED) is 0.845. The van der Waals surface area contributed by atoms with E-state index in [1.54, 1.807) is 6.92 Å². The normalized spacial score (nSPS) is 19.8. The maximum absolute atomic E-state index is 12.7. The number of carbonyl (C=O) groups excluding carboxylic acids is 2. The number of sulfone groups is 1. The molecule has 0 aromatic heterocycles. The molecule has 1 aromatic rings. The van der Waals surface area contributed by atoms with Crippen molar-refractivity contribution in [3.05, 3.63) is 29.3 Å². The van der Waals surface area contributed by atoms with Crippen molar-refractivity contribution in [2.75, 3.05) is 6.54 Å². The first-order valence-electron chi connectivity index (χ1n) is 7.21. The maximum atomic E-state index is 12.7. The molecule has 1 atom stereocenters. The molecule has 1 heterocycles. The third-order valence-corrected chi connectivity index (χ3v) is 6.13. The van der Waals surface area contributed by atoms with Crippen molar-refractivity contribution in [1.29, 1.82) is 0 Å². The highest BCUT2D eigenvalue weighted by molar-refractivity contribution is 7.92. The van der Waals surface area contributed by atoms with Crippen LogP contribution >= 0.6 is 11.6 Å². The summed E-state index contributed by atoms with van der Waals surface area (Å²) in [6.07, 6.45) is 1.64. The Hall–Kier alpha value is -1.40. The minimum atomic E-state index is -3.83. The minimum absolute atomic E-state index is 0.0565. The van der Waals surface area contributed by atoms with Gasteiger partial charge < -0.3 is 0 Å². The van der Waals surface area contributed by atoms with Crippen LogP contribution in [0.3, 0.4) is 0 Å². The average molecular weight is 344 g/mol. The fraction of sp³-hybridized carbons (Fsp3) is 0.467. The molecule has 7 heteroatoms. The van der Waals surface area contributed by atoms with Crippen molar-refractivity contribution in [2.45, 2.75) is 42.8 Å². The topological polar surface area (TPSA) is 71.5 Å². The average Bonchev–Trinajstić information content (AvgIpc) is 2.69. The Labute approximate surface area is 135 Å². The van der Waals surface area contributed by atoms with Gasteiger partial charge in [0.05, 0.1) is 4.90 Å². The largest absolute Gasteiger partial charge is 0.282 e. The number of hydrogen-bond acceptors (Lipinski definition) is 4. The van der Waals surface area contributed by atoms with Crippen LogP contribution < -0.4 is 0 Å². The summed E-state index contributed by atoms with van der Waals surface area (Å²) in [6.45, 7) is 1.95. The Bertz CT molecular complexity index is 669. The highest BCUT2D eigenvalue weighted by Crippen LogP contribution is 2.26. The number of likely N-dealkylation sites (tertiary alicyclic amines) is 1. The molecule has 0 bridgehead atoms. The lowest BCUT2D eigenvalue weighted by molar-refractivity contribution is -0.143. The summed E-state index contributed by atoms with van der Waals surface area (Å²) >= 11 is 5.77. The van der Waals surface area contributed by atoms with Crippen molar-refractivity contribution < 1.29 is 18.0 Å². The van der Waals surface area contributed by atoms with Crippen LogP contribution in [0.4, 0.5) is 0 Å². The molecule has 1 unspecified atom stereocenters. The van der Waals surface area contributed by atoms with Gasteiger partial charge in [-0.25, -0.2) is 8.42 Å². The van der Waals surface area contributed by atoms with Crippen LogP contribution in [0.5, 0.6) is 0 Å². The highest BCUT2D eigenvalue weighted by atomic mass is 35.5. The third-order valence-electron chi connectivity index (χ3n) is 3.76.